The molecule has 0 N–H and O–H groups in total. The first kappa shape index (κ1) is 13.4. The molecule has 0 fully saturated rings. The van der Waals surface area contributed by atoms with Crippen LogP contribution in [-0.2, 0) is 5.88 Å². The summed E-state index contributed by atoms with van der Waals surface area (Å²) in [5.74, 6) is 1.05. The van der Waals surface area contributed by atoms with Crippen LogP contribution >= 0.6 is 27.5 Å². The average Bonchev–Trinajstić information content (AvgIpc) is 2.33. The zero-order valence-electron chi connectivity index (χ0n) is 9.71. The predicted octanol–water partition coefficient (Wildman–Crippen LogP) is 5.43. The second-order valence-electron chi connectivity index (χ2n) is 3.94. The van der Waals surface area contributed by atoms with E-state index in [0.29, 0.717) is 17.1 Å². The zero-order chi connectivity index (χ0) is 13.1. The monoisotopic (exact) mass is 328 g/mol. The minimum Gasteiger partial charge on any atom is -0.457 e. The van der Waals surface area contributed by atoms with E-state index in [1.54, 1.807) is 6.07 Å². The Morgan fingerprint density at radius 1 is 1.22 bits per heavy atom. The minimum absolute atomic E-state index is 0.256. The summed E-state index contributed by atoms with van der Waals surface area (Å²) in [5, 5.41) is 0. The van der Waals surface area contributed by atoms with Crippen LogP contribution in [0.5, 0.6) is 11.5 Å². The van der Waals surface area contributed by atoms with Crippen LogP contribution in [0.25, 0.3) is 0 Å². The summed E-state index contributed by atoms with van der Waals surface area (Å²) in [6, 6.07) is 10.2. The highest BCUT2D eigenvalue weighted by molar-refractivity contribution is 9.10. The van der Waals surface area contributed by atoms with Crippen LogP contribution in [0.3, 0.4) is 0 Å². The molecule has 4 heteroatoms. The molecular weight excluding hydrogens is 319 g/mol. The molecule has 0 aliphatic heterocycles. The van der Waals surface area contributed by atoms with Gasteiger partial charge in [-0.1, -0.05) is 22.0 Å². The highest BCUT2D eigenvalue weighted by Gasteiger charge is 2.05. The van der Waals surface area contributed by atoms with Crippen LogP contribution in [0.1, 0.15) is 11.1 Å². The first-order valence-corrected chi connectivity index (χ1v) is 6.70. The quantitative estimate of drug-likeness (QED) is 0.682. The molecule has 0 saturated carbocycles. The first-order chi connectivity index (χ1) is 8.58. The fourth-order valence-electron chi connectivity index (χ4n) is 1.57. The largest absolute Gasteiger partial charge is 0.457 e. The number of halogens is 3. The maximum Gasteiger partial charge on any atom is 0.131 e. The van der Waals surface area contributed by atoms with Gasteiger partial charge < -0.3 is 4.74 Å². The van der Waals surface area contributed by atoms with Gasteiger partial charge in [-0.05, 0) is 42.3 Å². The van der Waals surface area contributed by atoms with Crippen LogP contribution in [0.2, 0.25) is 0 Å². The number of aryl methyl sites for hydroxylation is 1. The van der Waals surface area contributed by atoms with Gasteiger partial charge in [0, 0.05) is 16.4 Å². The van der Waals surface area contributed by atoms with E-state index >= 15 is 0 Å². The van der Waals surface area contributed by atoms with Gasteiger partial charge in [-0.3, -0.25) is 0 Å². The lowest BCUT2D eigenvalue weighted by Crippen LogP contribution is -1.90. The Hall–Kier alpha value is -1.06. The third-order valence-corrected chi connectivity index (χ3v) is 3.27. The van der Waals surface area contributed by atoms with Gasteiger partial charge in [-0.2, -0.15) is 0 Å². The molecule has 0 amide bonds. The van der Waals surface area contributed by atoms with Crippen molar-refractivity contribution in [2.45, 2.75) is 12.8 Å². The molecule has 0 aliphatic carbocycles. The lowest BCUT2D eigenvalue weighted by atomic mass is 10.2. The van der Waals surface area contributed by atoms with Crippen molar-refractivity contribution in [3.05, 3.63) is 57.8 Å². The van der Waals surface area contributed by atoms with Crippen molar-refractivity contribution in [2.75, 3.05) is 0 Å². The molecule has 18 heavy (non-hydrogen) atoms. The maximum atomic E-state index is 13.3. The highest BCUT2D eigenvalue weighted by atomic mass is 79.9. The van der Waals surface area contributed by atoms with Crippen LogP contribution in [0.15, 0.2) is 40.9 Å². The summed E-state index contributed by atoms with van der Waals surface area (Å²) in [6.07, 6.45) is 0. The smallest absolute Gasteiger partial charge is 0.131 e. The van der Waals surface area contributed by atoms with E-state index in [0.717, 1.165) is 10.0 Å². The van der Waals surface area contributed by atoms with Crippen molar-refractivity contribution in [1.82, 2.24) is 0 Å². The van der Waals surface area contributed by atoms with Gasteiger partial charge in [0.2, 0.25) is 0 Å². The Morgan fingerprint density at radius 3 is 2.72 bits per heavy atom. The maximum absolute atomic E-state index is 13.3. The van der Waals surface area contributed by atoms with Crippen LogP contribution in [0.4, 0.5) is 4.39 Å². The van der Waals surface area contributed by atoms with Gasteiger partial charge in [0.05, 0.1) is 0 Å². The highest BCUT2D eigenvalue weighted by Crippen LogP contribution is 2.29. The zero-order valence-corrected chi connectivity index (χ0v) is 12.1. The molecule has 94 valence electrons. The molecule has 0 aromatic heterocycles. The van der Waals surface area contributed by atoms with Crippen molar-refractivity contribution in [1.29, 1.82) is 0 Å². The van der Waals surface area contributed by atoms with Gasteiger partial charge in [0.1, 0.15) is 17.3 Å². The predicted molar refractivity (Wildman–Crippen MR) is 74.9 cm³/mol. The van der Waals surface area contributed by atoms with Crippen molar-refractivity contribution >= 4 is 27.5 Å². The van der Waals surface area contributed by atoms with Crippen molar-refractivity contribution in [3.8, 4) is 11.5 Å². The molecule has 0 atom stereocenters. The molecule has 2 aromatic carbocycles. The number of alkyl halides is 1. The Balaban J connectivity index is 2.33. The Bertz CT molecular complexity index is 572. The van der Waals surface area contributed by atoms with E-state index in [2.05, 4.69) is 15.9 Å². The lowest BCUT2D eigenvalue weighted by Gasteiger charge is -2.10. The third-order valence-electron chi connectivity index (χ3n) is 2.46. The second-order valence-corrected chi connectivity index (χ2v) is 5.12. The number of hydrogen-bond donors (Lipinski definition) is 0. The third kappa shape index (κ3) is 3.24. The molecule has 2 aromatic rings. The summed E-state index contributed by atoms with van der Waals surface area (Å²) in [7, 11) is 0. The van der Waals surface area contributed by atoms with Crippen LogP contribution in [0, 0.1) is 12.7 Å². The Labute approximate surface area is 119 Å². The topological polar surface area (TPSA) is 9.23 Å². The molecule has 0 radical (unpaired) electrons. The molecule has 0 heterocycles. The summed E-state index contributed by atoms with van der Waals surface area (Å²) >= 11 is 9.08. The normalized spacial score (nSPS) is 10.4. The average molecular weight is 330 g/mol. The van der Waals surface area contributed by atoms with E-state index < -0.39 is 0 Å². The second kappa shape index (κ2) is 5.72. The van der Waals surface area contributed by atoms with E-state index in [4.69, 9.17) is 16.3 Å². The van der Waals surface area contributed by atoms with Gasteiger partial charge >= 0.3 is 0 Å². The molecular formula is C14H11BrClFO. The van der Waals surface area contributed by atoms with Gasteiger partial charge in [-0.15, -0.1) is 11.6 Å². The number of hydrogen-bond acceptors (Lipinski definition) is 1. The fourth-order valence-corrected chi connectivity index (χ4v) is 2.06. The molecule has 0 aliphatic rings. The number of rotatable bonds is 3. The van der Waals surface area contributed by atoms with Crippen molar-refractivity contribution in [3.63, 3.8) is 0 Å². The van der Waals surface area contributed by atoms with Crippen molar-refractivity contribution in [2.24, 2.45) is 0 Å². The van der Waals surface area contributed by atoms with Crippen LogP contribution in [-0.4, -0.2) is 0 Å². The molecule has 0 bridgehead atoms. The summed E-state index contributed by atoms with van der Waals surface area (Å²) in [5.41, 5.74) is 1.68. The van der Waals surface area contributed by atoms with E-state index in [9.17, 15) is 4.39 Å². The van der Waals surface area contributed by atoms with Gasteiger partial charge in [0.15, 0.2) is 0 Å². The van der Waals surface area contributed by atoms with Gasteiger partial charge in [-0.25, -0.2) is 4.39 Å². The molecule has 0 spiro atoms. The van der Waals surface area contributed by atoms with Gasteiger partial charge in [0.25, 0.3) is 0 Å². The summed E-state index contributed by atoms with van der Waals surface area (Å²) in [6.45, 7) is 1.93. The Morgan fingerprint density at radius 2 is 2.00 bits per heavy atom. The number of benzene rings is 2. The fraction of sp³-hybridized carbons (Fsp3) is 0.143. The van der Waals surface area contributed by atoms with Crippen LogP contribution < -0.4 is 4.74 Å². The molecule has 0 unspecified atom stereocenters. The lowest BCUT2D eigenvalue weighted by molar-refractivity contribution is 0.472. The van der Waals surface area contributed by atoms with E-state index in [1.165, 1.54) is 12.1 Å². The Kier molecular flexibility index (Phi) is 4.25. The summed E-state index contributed by atoms with van der Waals surface area (Å²) in [4.78, 5) is 0. The summed E-state index contributed by atoms with van der Waals surface area (Å²) < 4.78 is 19.9. The molecule has 2 rings (SSSR count). The standard InChI is InChI=1S/C14H11BrClFO/c1-9-2-3-11(15)6-14(9)18-13-5-10(8-16)4-12(17)7-13/h2-7H,8H2,1H3. The first-order valence-electron chi connectivity index (χ1n) is 5.38. The molecule has 1 nitrogen and oxygen atoms in total. The SMILES string of the molecule is Cc1ccc(Br)cc1Oc1cc(F)cc(CCl)c1. The van der Waals surface area contributed by atoms with Crippen molar-refractivity contribution < 1.29 is 9.13 Å². The molecule has 0 saturated heterocycles. The number of ether oxygens (including phenoxy) is 1. The minimum atomic E-state index is -0.351. The van der Waals surface area contributed by atoms with E-state index in [1.807, 2.05) is 25.1 Å². The van der Waals surface area contributed by atoms with E-state index in [-0.39, 0.29) is 11.7 Å².